The van der Waals surface area contributed by atoms with Crippen molar-refractivity contribution in [3.63, 3.8) is 0 Å². The first kappa shape index (κ1) is 25.4. The minimum absolute atomic E-state index is 0.0160. The van der Waals surface area contributed by atoms with Crippen LogP contribution in [0.2, 0.25) is 5.02 Å². The van der Waals surface area contributed by atoms with E-state index in [1.165, 1.54) is 38.1 Å². The maximum Gasteiger partial charge on any atom is 0.436 e. The summed E-state index contributed by atoms with van der Waals surface area (Å²) >= 11 is 5.74. The number of sulfonamides is 1. The second-order valence-corrected chi connectivity index (χ2v) is 9.52. The number of hydrogen-bond donors (Lipinski definition) is 2. The number of aryl methyl sites for hydroxylation is 2. The summed E-state index contributed by atoms with van der Waals surface area (Å²) in [6, 6.07) is 5.75. The zero-order valence-electron chi connectivity index (χ0n) is 18.4. The summed E-state index contributed by atoms with van der Waals surface area (Å²) in [5.74, 6) is -0.747. The Hall–Kier alpha value is -3.19. The molecule has 0 saturated heterocycles. The summed E-state index contributed by atoms with van der Waals surface area (Å²) in [5.41, 5.74) is 0.117. The van der Waals surface area contributed by atoms with Crippen LogP contribution in [0, 0.1) is 20.8 Å². The Morgan fingerprint density at radius 3 is 2.15 bits per heavy atom. The average molecular weight is 517 g/mol. The first-order valence-electron chi connectivity index (χ1n) is 9.77. The highest BCUT2D eigenvalue weighted by molar-refractivity contribution is 7.92. The van der Waals surface area contributed by atoms with E-state index in [1.54, 1.807) is 19.9 Å². The van der Waals surface area contributed by atoms with E-state index in [0.717, 1.165) is 4.68 Å². The molecule has 0 spiro atoms. The topological polar surface area (TPSA) is 119 Å². The number of nitrogens with one attached hydrogen (secondary N) is 2. The van der Waals surface area contributed by atoms with Crippen LogP contribution < -0.4 is 10.0 Å². The first-order chi connectivity index (χ1) is 15.7. The van der Waals surface area contributed by atoms with Crippen LogP contribution in [0.15, 0.2) is 35.2 Å². The molecule has 1 atom stereocenters. The minimum atomic E-state index is -4.76. The highest BCUT2D eigenvalue weighted by Crippen LogP contribution is 2.36. The van der Waals surface area contributed by atoms with Crippen LogP contribution >= 0.6 is 11.6 Å². The molecule has 1 amide bonds. The van der Waals surface area contributed by atoms with E-state index in [-0.39, 0.29) is 22.2 Å². The molecule has 0 saturated carbocycles. The van der Waals surface area contributed by atoms with E-state index in [0.29, 0.717) is 11.4 Å². The van der Waals surface area contributed by atoms with Crippen molar-refractivity contribution in [1.82, 2.24) is 19.7 Å². The third kappa shape index (κ3) is 5.47. The van der Waals surface area contributed by atoms with Gasteiger partial charge in [-0.15, -0.1) is 0 Å². The van der Waals surface area contributed by atoms with E-state index >= 15 is 0 Å². The highest BCUT2D eigenvalue weighted by atomic mass is 35.5. The number of benzene rings is 1. The number of carbonyl (C=O) groups is 1. The molecule has 0 bridgehead atoms. The van der Waals surface area contributed by atoms with Crippen LogP contribution in [0.25, 0.3) is 0 Å². The molecule has 1 unspecified atom stereocenters. The van der Waals surface area contributed by atoms with Crippen molar-refractivity contribution < 1.29 is 26.4 Å². The van der Waals surface area contributed by atoms with Gasteiger partial charge in [0.15, 0.2) is 5.69 Å². The van der Waals surface area contributed by atoms with E-state index in [9.17, 15) is 26.4 Å². The van der Waals surface area contributed by atoms with Crippen molar-refractivity contribution in [1.29, 1.82) is 0 Å². The molecule has 0 aliphatic heterocycles. The molecule has 0 aliphatic carbocycles. The summed E-state index contributed by atoms with van der Waals surface area (Å²) in [6.07, 6.45) is -4.76. The molecule has 2 aromatic heterocycles. The van der Waals surface area contributed by atoms with Crippen LogP contribution in [0.3, 0.4) is 0 Å². The van der Waals surface area contributed by atoms with E-state index in [4.69, 9.17) is 11.6 Å². The fourth-order valence-electron chi connectivity index (χ4n) is 3.08. The van der Waals surface area contributed by atoms with Crippen LogP contribution in [0.1, 0.15) is 35.7 Å². The van der Waals surface area contributed by atoms with Gasteiger partial charge in [0, 0.05) is 17.1 Å². The third-order valence-corrected chi connectivity index (χ3v) is 6.53. The Balaban J connectivity index is 1.75. The van der Waals surface area contributed by atoms with Crippen LogP contribution in [-0.4, -0.2) is 34.1 Å². The molecular weight excluding hydrogens is 497 g/mol. The lowest BCUT2D eigenvalue weighted by Crippen LogP contribution is -2.25. The molecule has 1 aromatic carbocycles. The van der Waals surface area contributed by atoms with Gasteiger partial charge in [0.05, 0.1) is 15.6 Å². The summed E-state index contributed by atoms with van der Waals surface area (Å²) in [7, 11) is -4.00. The van der Waals surface area contributed by atoms with Crippen molar-refractivity contribution >= 4 is 39.2 Å². The molecule has 0 radical (unpaired) electrons. The van der Waals surface area contributed by atoms with Gasteiger partial charge in [0.25, 0.3) is 10.0 Å². The SMILES string of the molecule is Cc1cc(C)nc(NS(=O)(=O)c2ccc(NC(=O)C(C)n3nc(C(F)(F)F)c(Cl)c3C)cc2)n1. The van der Waals surface area contributed by atoms with Crippen molar-refractivity contribution in [3.8, 4) is 0 Å². The molecule has 34 heavy (non-hydrogen) atoms. The fourth-order valence-corrected chi connectivity index (χ4v) is 4.26. The molecule has 2 heterocycles. The smallest absolute Gasteiger partial charge is 0.324 e. The lowest BCUT2D eigenvalue weighted by atomic mass is 10.2. The monoisotopic (exact) mass is 516 g/mol. The van der Waals surface area contributed by atoms with Crippen LogP contribution in [0.4, 0.5) is 24.8 Å². The molecule has 3 aromatic rings. The summed E-state index contributed by atoms with van der Waals surface area (Å²) in [4.78, 5) is 20.5. The normalized spacial score (nSPS) is 12.9. The second kappa shape index (κ2) is 9.22. The molecular formula is C20H20ClF3N6O3S. The standard InChI is InChI=1S/C20H20ClF3N6O3S/c1-10-9-11(2)26-19(25-10)29-34(32,33)15-7-5-14(6-8-15)27-18(31)13(4)30-12(3)16(21)17(28-30)20(22,23)24/h5-9,13H,1-4H3,(H,27,31)(H,25,26,29). The maximum absolute atomic E-state index is 13.0. The number of anilines is 2. The van der Waals surface area contributed by atoms with Crippen LogP contribution in [0.5, 0.6) is 0 Å². The molecule has 9 nitrogen and oxygen atoms in total. The number of amides is 1. The number of nitrogens with zero attached hydrogens (tertiary/aromatic N) is 4. The van der Waals surface area contributed by atoms with Crippen molar-refractivity contribution in [3.05, 3.63) is 58.1 Å². The summed E-state index contributed by atoms with van der Waals surface area (Å²) in [6.45, 7) is 6.08. The van der Waals surface area contributed by atoms with Gasteiger partial charge in [0.2, 0.25) is 11.9 Å². The summed E-state index contributed by atoms with van der Waals surface area (Å²) in [5, 5.41) is 5.37. The predicted molar refractivity (Wildman–Crippen MR) is 119 cm³/mol. The van der Waals surface area contributed by atoms with E-state index in [1.807, 2.05) is 0 Å². The third-order valence-electron chi connectivity index (χ3n) is 4.73. The van der Waals surface area contributed by atoms with E-state index < -0.39 is 38.9 Å². The fraction of sp³-hybridized carbons (Fsp3) is 0.300. The number of aromatic nitrogens is 4. The minimum Gasteiger partial charge on any atom is -0.324 e. The zero-order chi connectivity index (χ0) is 25.4. The summed E-state index contributed by atoms with van der Waals surface area (Å²) < 4.78 is 67.5. The highest BCUT2D eigenvalue weighted by Gasteiger charge is 2.39. The molecule has 0 aliphatic rings. The van der Waals surface area contributed by atoms with Crippen molar-refractivity contribution in [2.24, 2.45) is 0 Å². The predicted octanol–water partition coefficient (Wildman–Crippen LogP) is 4.27. The molecule has 3 rings (SSSR count). The van der Waals surface area contributed by atoms with Crippen molar-refractivity contribution in [2.75, 3.05) is 10.0 Å². The Morgan fingerprint density at radius 1 is 1.09 bits per heavy atom. The lowest BCUT2D eigenvalue weighted by Gasteiger charge is -2.15. The number of carbonyl (C=O) groups excluding carboxylic acids is 1. The first-order valence-corrected chi connectivity index (χ1v) is 11.6. The molecule has 2 N–H and O–H groups in total. The maximum atomic E-state index is 13.0. The Bertz CT molecular complexity index is 1320. The van der Waals surface area contributed by atoms with Crippen molar-refractivity contribution in [2.45, 2.75) is 44.8 Å². The average Bonchev–Trinajstić information content (AvgIpc) is 3.01. The Morgan fingerprint density at radius 2 is 1.65 bits per heavy atom. The van der Waals surface area contributed by atoms with Gasteiger partial charge in [-0.05, 0) is 58.0 Å². The quantitative estimate of drug-likeness (QED) is 0.505. The number of halogens is 4. The Kier molecular flexibility index (Phi) is 6.90. The second-order valence-electron chi connectivity index (χ2n) is 7.46. The molecule has 14 heteroatoms. The van der Waals surface area contributed by atoms with E-state index in [2.05, 4.69) is 25.1 Å². The number of alkyl halides is 3. The Labute approximate surface area is 198 Å². The molecule has 0 fully saturated rings. The zero-order valence-corrected chi connectivity index (χ0v) is 20.0. The van der Waals surface area contributed by atoms with Gasteiger partial charge in [0.1, 0.15) is 6.04 Å². The van der Waals surface area contributed by atoms with Gasteiger partial charge in [-0.3, -0.25) is 9.48 Å². The lowest BCUT2D eigenvalue weighted by molar-refractivity contribution is -0.141. The van der Waals surface area contributed by atoms with Gasteiger partial charge < -0.3 is 5.32 Å². The number of hydrogen-bond acceptors (Lipinski definition) is 6. The van der Waals surface area contributed by atoms with Gasteiger partial charge in [-0.1, -0.05) is 11.6 Å². The molecule has 182 valence electrons. The van der Waals surface area contributed by atoms with Gasteiger partial charge in [-0.25, -0.2) is 23.1 Å². The number of rotatable bonds is 6. The largest absolute Gasteiger partial charge is 0.436 e. The van der Waals surface area contributed by atoms with Gasteiger partial charge >= 0.3 is 6.18 Å². The van der Waals surface area contributed by atoms with Gasteiger partial charge in [-0.2, -0.15) is 18.3 Å². The van der Waals surface area contributed by atoms with Crippen LogP contribution in [-0.2, 0) is 21.0 Å².